The molecule has 2 rings (SSSR count). The summed E-state index contributed by atoms with van der Waals surface area (Å²) in [5.74, 6) is 0.383. The van der Waals surface area contributed by atoms with E-state index in [1.54, 1.807) is 11.6 Å². The largest absolute Gasteiger partial charge is 0.463 e. The average Bonchev–Trinajstić information content (AvgIpc) is 2.73. The molecule has 1 N–H and O–H groups in total. The molecule has 102 valence electrons. The maximum Gasteiger partial charge on any atom is 0.260 e. The SMILES string of the molecule is CCCNC(=O)[C@@H](C)Oc1nn(C)c2ccccc12. The Morgan fingerprint density at radius 1 is 1.47 bits per heavy atom. The number of aromatic nitrogens is 2. The number of rotatable bonds is 5. The van der Waals surface area contributed by atoms with Crippen LogP contribution in [0.3, 0.4) is 0 Å². The van der Waals surface area contributed by atoms with Crippen molar-refractivity contribution >= 4 is 16.8 Å². The highest BCUT2D eigenvalue weighted by molar-refractivity contribution is 5.85. The standard InChI is InChI=1S/C14H19N3O2/c1-4-9-15-13(18)10(2)19-14-11-7-5-6-8-12(11)17(3)16-14/h5-8,10H,4,9H2,1-3H3,(H,15,18)/t10-/m1/s1. The summed E-state index contributed by atoms with van der Waals surface area (Å²) in [5.41, 5.74) is 0.985. The summed E-state index contributed by atoms with van der Waals surface area (Å²) in [7, 11) is 1.86. The number of hydrogen-bond acceptors (Lipinski definition) is 3. The molecule has 1 atom stereocenters. The molecule has 0 aliphatic carbocycles. The summed E-state index contributed by atoms with van der Waals surface area (Å²) in [6.07, 6.45) is 0.357. The van der Waals surface area contributed by atoms with Gasteiger partial charge in [0.15, 0.2) is 6.10 Å². The number of ether oxygens (including phenoxy) is 1. The van der Waals surface area contributed by atoms with E-state index in [9.17, 15) is 4.79 Å². The van der Waals surface area contributed by atoms with Gasteiger partial charge in [0.05, 0.1) is 10.9 Å². The number of benzene rings is 1. The number of fused-ring (bicyclic) bond motifs is 1. The van der Waals surface area contributed by atoms with Gasteiger partial charge < -0.3 is 10.1 Å². The fourth-order valence-electron chi connectivity index (χ4n) is 1.88. The van der Waals surface area contributed by atoms with Gasteiger partial charge in [-0.25, -0.2) is 0 Å². The Bertz CT molecular complexity index is 577. The highest BCUT2D eigenvalue weighted by atomic mass is 16.5. The maximum absolute atomic E-state index is 11.8. The average molecular weight is 261 g/mol. The molecule has 0 aliphatic heterocycles. The van der Waals surface area contributed by atoms with Crippen LogP contribution in [0, 0.1) is 0 Å². The second-order valence-corrected chi connectivity index (χ2v) is 4.50. The molecule has 0 unspecified atom stereocenters. The van der Waals surface area contributed by atoms with Gasteiger partial charge in [-0.15, -0.1) is 5.10 Å². The van der Waals surface area contributed by atoms with Crippen molar-refractivity contribution in [2.75, 3.05) is 6.54 Å². The van der Waals surface area contributed by atoms with Crippen LogP contribution >= 0.6 is 0 Å². The third-order valence-corrected chi connectivity index (χ3v) is 2.93. The first kappa shape index (κ1) is 13.4. The van der Waals surface area contributed by atoms with Crippen LogP contribution in [0.15, 0.2) is 24.3 Å². The number of amides is 1. The molecule has 1 amide bonds. The van der Waals surface area contributed by atoms with E-state index >= 15 is 0 Å². The van der Waals surface area contributed by atoms with Crippen molar-refractivity contribution in [3.8, 4) is 5.88 Å². The van der Waals surface area contributed by atoms with E-state index in [1.807, 2.05) is 38.2 Å². The van der Waals surface area contributed by atoms with E-state index in [2.05, 4.69) is 10.4 Å². The number of para-hydroxylation sites is 1. The predicted molar refractivity (Wildman–Crippen MR) is 74.1 cm³/mol. The Hall–Kier alpha value is -2.04. The molecule has 0 spiro atoms. The predicted octanol–water partition coefficient (Wildman–Crippen LogP) is 1.87. The van der Waals surface area contributed by atoms with Crippen LogP contribution in [-0.4, -0.2) is 28.3 Å². The molecule has 5 heteroatoms. The smallest absolute Gasteiger partial charge is 0.260 e. The summed E-state index contributed by atoms with van der Waals surface area (Å²) >= 11 is 0. The van der Waals surface area contributed by atoms with Gasteiger partial charge in [0, 0.05) is 13.6 Å². The van der Waals surface area contributed by atoms with Gasteiger partial charge in [-0.1, -0.05) is 19.1 Å². The zero-order valence-electron chi connectivity index (χ0n) is 11.5. The van der Waals surface area contributed by atoms with E-state index in [4.69, 9.17) is 4.74 Å². The van der Waals surface area contributed by atoms with Gasteiger partial charge in [0.1, 0.15) is 0 Å². The summed E-state index contributed by atoms with van der Waals surface area (Å²) in [6.45, 7) is 4.40. The molecule has 0 aliphatic rings. The van der Waals surface area contributed by atoms with Crippen LogP contribution in [-0.2, 0) is 11.8 Å². The van der Waals surface area contributed by atoms with E-state index in [-0.39, 0.29) is 5.91 Å². The van der Waals surface area contributed by atoms with Crippen LogP contribution in [0.2, 0.25) is 0 Å². The summed E-state index contributed by atoms with van der Waals surface area (Å²) in [4.78, 5) is 11.8. The van der Waals surface area contributed by atoms with Crippen molar-refractivity contribution in [2.45, 2.75) is 26.4 Å². The fourth-order valence-corrected chi connectivity index (χ4v) is 1.88. The minimum Gasteiger partial charge on any atom is -0.463 e. The van der Waals surface area contributed by atoms with Gasteiger partial charge in [-0.2, -0.15) is 0 Å². The number of nitrogens with one attached hydrogen (secondary N) is 1. The number of carbonyl (C=O) groups is 1. The van der Waals surface area contributed by atoms with Crippen LogP contribution in [0.25, 0.3) is 10.9 Å². The molecule has 1 aromatic carbocycles. The molecular formula is C14H19N3O2. The van der Waals surface area contributed by atoms with Crippen molar-refractivity contribution < 1.29 is 9.53 Å². The highest BCUT2D eigenvalue weighted by Crippen LogP contribution is 2.24. The lowest BCUT2D eigenvalue weighted by Crippen LogP contribution is -2.36. The Balaban J connectivity index is 2.15. The molecule has 0 saturated carbocycles. The number of nitrogens with zero attached hydrogens (tertiary/aromatic N) is 2. The third kappa shape index (κ3) is 2.86. The van der Waals surface area contributed by atoms with Gasteiger partial charge in [-0.3, -0.25) is 9.48 Å². The minimum absolute atomic E-state index is 0.114. The van der Waals surface area contributed by atoms with Crippen LogP contribution in [0.5, 0.6) is 5.88 Å². The maximum atomic E-state index is 11.8. The molecule has 0 fully saturated rings. The second kappa shape index (κ2) is 5.73. The molecule has 1 aromatic heterocycles. The Morgan fingerprint density at radius 3 is 2.95 bits per heavy atom. The van der Waals surface area contributed by atoms with Crippen molar-refractivity contribution in [3.63, 3.8) is 0 Å². The zero-order valence-corrected chi connectivity index (χ0v) is 11.5. The molecule has 19 heavy (non-hydrogen) atoms. The molecule has 1 heterocycles. The van der Waals surface area contributed by atoms with Crippen molar-refractivity contribution in [2.24, 2.45) is 7.05 Å². The Labute approximate surface area is 112 Å². The molecule has 0 saturated heterocycles. The zero-order chi connectivity index (χ0) is 13.8. The first-order valence-corrected chi connectivity index (χ1v) is 6.49. The first-order chi connectivity index (χ1) is 9.13. The van der Waals surface area contributed by atoms with Gasteiger partial charge in [-0.05, 0) is 25.5 Å². The molecular weight excluding hydrogens is 242 g/mol. The van der Waals surface area contributed by atoms with Crippen LogP contribution < -0.4 is 10.1 Å². The topological polar surface area (TPSA) is 56.1 Å². The first-order valence-electron chi connectivity index (χ1n) is 6.49. The lowest BCUT2D eigenvalue weighted by atomic mass is 10.2. The van der Waals surface area contributed by atoms with E-state index in [1.165, 1.54) is 0 Å². The van der Waals surface area contributed by atoms with Crippen LogP contribution in [0.1, 0.15) is 20.3 Å². The fraction of sp³-hybridized carbons (Fsp3) is 0.429. The van der Waals surface area contributed by atoms with Crippen molar-refractivity contribution in [1.82, 2.24) is 15.1 Å². The van der Waals surface area contributed by atoms with E-state index in [0.29, 0.717) is 12.4 Å². The summed E-state index contributed by atoms with van der Waals surface area (Å²) in [5, 5.41) is 8.03. The number of aryl methyl sites for hydroxylation is 1. The van der Waals surface area contributed by atoms with Gasteiger partial charge >= 0.3 is 0 Å². The van der Waals surface area contributed by atoms with Crippen LogP contribution in [0.4, 0.5) is 0 Å². The normalized spacial score (nSPS) is 12.4. The van der Waals surface area contributed by atoms with Gasteiger partial charge in [0.2, 0.25) is 5.88 Å². The summed E-state index contributed by atoms with van der Waals surface area (Å²) < 4.78 is 7.41. The monoisotopic (exact) mass is 261 g/mol. The molecule has 5 nitrogen and oxygen atoms in total. The molecule has 0 radical (unpaired) electrons. The third-order valence-electron chi connectivity index (χ3n) is 2.93. The number of carbonyl (C=O) groups excluding carboxylic acids is 1. The van der Waals surface area contributed by atoms with E-state index < -0.39 is 6.10 Å². The van der Waals surface area contributed by atoms with Crippen molar-refractivity contribution in [3.05, 3.63) is 24.3 Å². The number of hydrogen-bond donors (Lipinski definition) is 1. The molecule has 0 bridgehead atoms. The quantitative estimate of drug-likeness (QED) is 0.894. The lowest BCUT2D eigenvalue weighted by Gasteiger charge is -2.12. The summed E-state index contributed by atoms with van der Waals surface area (Å²) in [6, 6.07) is 7.79. The molecule has 2 aromatic rings. The Kier molecular flexibility index (Phi) is 4.04. The Morgan fingerprint density at radius 2 is 2.21 bits per heavy atom. The second-order valence-electron chi connectivity index (χ2n) is 4.50. The van der Waals surface area contributed by atoms with Crippen molar-refractivity contribution in [1.29, 1.82) is 0 Å². The van der Waals surface area contributed by atoms with Gasteiger partial charge in [0.25, 0.3) is 5.91 Å². The lowest BCUT2D eigenvalue weighted by molar-refractivity contribution is -0.127. The highest BCUT2D eigenvalue weighted by Gasteiger charge is 2.17. The minimum atomic E-state index is -0.551. The van der Waals surface area contributed by atoms with E-state index in [0.717, 1.165) is 17.3 Å².